The molecule has 25 heavy (non-hydrogen) atoms. The molecule has 0 saturated carbocycles. The van der Waals surface area contributed by atoms with Gasteiger partial charge in [-0.15, -0.1) is 0 Å². The van der Waals surface area contributed by atoms with Crippen LogP contribution >= 0.6 is 0 Å². The highest BCUT2D eigenvalue weighted by Gasteiger charge is 2.16. The van der Waals surface area contributed by atoms with Gasteiger partial charge in [0.05, 0.1) is 16.4 Å². The molecule has 3 N–H and O–H groups in total. The van der Waals surface area contributed by atoms with E-state index in [1.807, 2.05) is 0 Å². The monoisotopic (exact) mass is 359 g/mol. The lowest BCUT2D eigenvalue weighted by molar-refractivity contribution is -0.385. The van der Waals surface area contributed by atoms with Crippen LogP contribution in [0.1, 0.15) is 15.9 Å². The zero-order valence-electron chi connectivity index (χ0n) is 12.8. The number of benzene rings is 2. The minimum atomic E-state index is -3.91. The molecule has 0 aliphatic rings. The number of rotatable bonds is 5. The van der Waals surface area contributed by atoms with Crippen LogP contribution in [-0.2, 0) is 10.0 Å². The number of amides is 1. The van der Waals surface area contributed by atoms with Crippen LogP contribution in [-0.4, -0.2) is 25.8 Å². The third-order valence-corrected chi connectivity index (χ3v) is 4.49. The molecule has 0 radical (unpaired) electrons. The number of nitrogens with one attached hydrogen (secondary N) is 1. The van der Waals surface area contributed by atoms with Crippen LogP contribution in [0.4, 0.5) is 5.69 Å². The fraction of sp³-hybridized carbons (Fsp3) is 0.0625. The molecule has 0 fully saturated rings. The van der Waals surface area contributed by atoms with Crippen LogP contribution < -0.4 is 10.5 Å². The van der Waals surface area contributed by atoms with E-state index in [-0.39, 0.29) is 17.1 Å². The Hall–Kier alpha value is -3.22. The Labute approximate surface area is 143 Å². The molecular formula is C16H13N3O5S. The van der Waals surface area contributed by atoms with Crippen molar-refractivity contribution in [2.75, 3.05) is 6.54 Å². The van der Waals surface area contributed by atoms with Crippen molar-refractivity contribution >= 4 is 21.6 Å². The lowest BCUT2D eigenvalue weighted by atomic mass is 10.1. The second-order valence-corrected chi connectivity index (χ2v) is 6.59. The second-order valence-electron chi connectivity index (χ2n) is 4.82. The van der Waals surface area contributed by atoms with E-state index < -0.39 is 20.9 Å². The smallest absolute Gasteiger partial charge is 0.270 e. The van der Waals surface area contributed by atoms with E-state index >= 15 is 0 Å². The van der Waals surface area contributed by atoms with Crippen LogP contribution in [0.2, 0.25) is 0 Å². The highest BCUT2D eigenvalue weighted by atomic mass is 32.2. The van der Waals surface area contributed by atoms with E-state index in [1.54, 1.807) is 12.1 Å². The highest BCUT2D eigenvalue weighted by Crippen LogP contribution is 2.16. The average Bonchev–Trinajstić information content (AvgIpc) is 2.59. The predicted molar refractivity (Wildman–Crippen MR) is 90.1 cm³/mol. The number of carbonyl (C=O) groups is 1. The number of primary amides is 1. The number of nitrogens with zero attached hydrogens (tertiary/aromatic N) is 1. The van der Waals surface area contributed by atoms with Gasteiger partial charge in [0.25, 0.3) is 5.69 Å². The first kappa shape index (κ1) is 18.1. The summed E-state index contributed by atoms with van der Waals surface area (Å²) in [5.74, 6) is 4.80. The summed E-state index contributed by atoms with van der Waals surface area (Å²) in [5.41, 5.74) is 5.74. The van der Waals surface area contributed by atoms with Gasteiger partial charge in [0.1, 0.15) is 0 Å². The van der Waals surface area contributed by atoms with E-state index in [2.05, 4.69) is 16.6 Å². The third-order valence-electron chi connectivity index (χ3n) is 3.09. The van der Waals surface area contributed by atoms with Crippen molar-refractivity contribution in [2.45, 2.75) is 4.90 Å². The van der Waals surface area contributed by atoms with E-state index in [4.69, 9.17) is 5.73 Å². The molecule has 9 heteroatoms. The zero-order chi connectivity index (χ0) is 18.4. The molecule has 128 valence electrons. The lowest BCUT2D eigenvalue weighted by Gasteiger charge is -2.03. The normalized spacial score (nSPS) is 10.6. The molecule has 0 aromatic heterocycles. The molecule has 0 aliphatic heterocycles. The van der Waals surface area contributed by atoms with Gasteiger partial charge >= 0.3 is 0 Å². The van der Waals surface area contributed by atoms with Crippen LogP contribution in [0.5, 0.6) is 0 Å². The summed E-state index contributed by atoms with van der Waals surface area (Å²) in [7, 11) is -3.91. The maximum Gasteiger partial charge on any atom is 0.270 e. The summed E-state index contributed by atoms with van der Waals surface area (Å²) in [6, 6.07) is 10.9. The van der Waals surface area contributed by atoms with Gasteiger partial charge in [0.15, 0.2) is 0 Å². The van der Waals surface area contributed by atoms with Crippen LogP contribution in [0, 0.1) is 22.0 Å². The molecule has 0 saturated heterocycles. The molecule has 1 amide bonds. The Morgan fingerprint density at radius 3 is 2.48 bits per heavy atom. The Bertz CT molecular complexity index is 973. The standard InChI is InChI=1S/C16H13N3O5S/c17-16(20)13-8-6-12(7-9-13)3-2-10-18-25(23,24)15-5-1-4-14(11-15)19(21)22/h1,4-9,11,18H,10H2,(H2,17,20). The number of non-ortho nitro benzene ring substituents is 1. The maximum absolute atomic E-state index is 12.1. The first-order valence-electron chi connectivity index (χ1n) is 6.92. The number of carbonyl (C=O) groups excluding carboxylic acids is 1. The highest BCUT2D eigenvalue weighted by molar-refractivity contribution is 7.89. The summed E-state index contributed by atoms with van der Waals surface area (Å²) in [6.07, 6.45) is 0. The van der Waals surface area contributed by atoms with Gasteiger partial charge in [0.2, 0.25) is 15.9 Å². The van der Waals surface area contributed by atoms with Gasteiger partial charge in [-0.25, -0.2) is 8.42 Å². The molecule has 0 bridgehead atoms. The van der Waals surface area contributed by atoms with Crippen LogP contribution in [0.3, 0.4) is 0 Å². The minimum Gasteiger partial charge on any atom is -0.366 e. The number of nitro benzene ring substituents is 1. The zero-order valence-corrected chi connectivity index (χ0v) is 13.6. The fourth-order valence-electron chi connectivity index (χ4n) is 1.84. The first-order valence-corrected chi connectivity index (χ1v) is 8.41. The molecule has 8 nitrogen and oxygen atoms in total. The van der Waals surface area contributed by atoms with Gasteiger partial charge in [-0.2, -0.15) is 4.72 Å². The van der Waals surface area contributed by atoms with Crippen molar-refractivity contribution in [3.8, 4) is 11.8 Å². The molecule has 0 atom stereocenters. The summed E-state index contributed by atoms with van der Waals surface area (Å²) in [5, 5.41) is 10.7. The molecule has 0 spiro atoms. The van der Waals surface area contributed by atoms with Crippen LogP contribution in [0.25, 0.3) is 0 Å². The van der Waals surface area contributed by atoms with Crippen LogP contribution in [0.15, 0.2) is 53.4 Å². The molecule has 2 aromatic carbocycles. The number of nitro groups is 1. The van der Waals surface area contributed by atoms with E-state index in [0.717, 1.165) is 6.07 Å². The molecule has 0 unspecified atom stereocenters. The number of sulfonamides is 1. The van der Waals surface area contributed by atoms with Crippen molar-refractivity contribution < 1.29 is 18.1 Å². The molecule has 2 rings (SSSR count). The quantitative estimate of drug-likeness (QED) is 0.467. The first-order chi connectivity index (χ1) is 11.8. The summed E-state index contributed by atoms with van der Waals surface area (Å²) >= 11 is 0. The van der Waals surface area contributed by atoms with E-state index in [9.17, 15) is 23.3 Å². The molecule has 2 aromatic rings. The van der Waals surface area contributed by atoms with Crippen molar-refractivity contribution in [1.29, 1.82) is 0 Å². The topological polar surface area (TPSA) is 132 Å². The fourth-order valence-corrected chi connectivity index (χ4v) is 2.81. The molecular weight excluding hydrogens is 346 g/mol. The SMILES string of the molecule is NC(=O)c1ccc(C#CCNS(=O)(=O)c2cccc([N+](=O)[O-])c2)cc1. The Kier molecular flexibility index (Phi) is 5.49. The van der Waals surface area contributed by atoms with Gasteiger partial charge < -0.3 is 5.73 Å². The van der Waals surface area contributed by atoms with Gasteiger partial charge in [0, 0.05) is 23.3 Å². The lowest BCUT2D eigenvalue weighted by Crippen LogP contribution is -2.24. The molecule has 0 heterocycles. The minimum absolute atomic E-state index is 0.178. The van der Waals surface area contributed by atoms with Crippen molar-refractivity contribution in [2.24, 2.45) is 5.73 Å². The van der Waals surface area contributed by atoms with E-state index in [1.165, 1.54) is 30.3 Å². The summed E-state index contributed by atoms with van der Waals surface area (Å²) in [6.45, 7) is -0.178. The average molecular weight is 359 g/mol. The number of nitrogens with two attached hydrogens (primary N) is 1. The summed E-state index contributed by atoms with van der Waals surface area (Å²) < 4.78 is 26.4. The number of hydrogen-bond donors (Lipinski definition) is 2. The second kappa shape index (κ2) is 7.57. The largest absolute Gasteiger partial charge is 0.366 e. The Balaban J connectivity index is 2.05. The number of hydrogen-bond acceptors (Lipinski definition) is 5. The van der Waals surface area contributed by atoms with E-state index in [0.29, 0.717) is 11.1 Å². The Morgan fingerprint density at radius 1 is 1.20 bits per heavy atom. The van der Waals surface area contributed by atoms with Crippen molar-refractivity contribution in [3.05, 3.63) is 69.8 Å². The summed E-state index contributed by atoms with van der Waals surface area (Å²) in [4.78, 5) is 20.8. The third kappa shape index (κ3) is 4.87. The molecule has 0 aliphatic carbocycles. The predicted octanol–water partition coefficient (Wildman–Crippen LogP) is 1.02. The van der Waals surface area contributed by atoms with Gasteiger partial charge in [-0.3, -0.25) is 14.9 Å². The van der Waals surface area contributed by atoms with Gasteiger partial charge in [-0.05, 0) is 30.3 Å². The maximum atomic E-state index is 12.1. The van der Waals surface area contributed by atoms with Crippen molar-refractivity contribution in [3.63, 3.8) is 0 Å². The Morgan fingerprint density at radius 2 is 1.88 bits per heavy atom. The van der Waals surface area contributed by atoms with Crippen molar-refractivity contribution in [1.82, 2.24) is 4.72 Å². The van der Waals surface area contributed by atoms with Gasteiger partial charge in [-0.1, -0.05) is 17.9 Å².